The standard InChI is InChI=1S/C14H14BrNOS/c1-10(12-2-4-13(15)5-3-12)16-14(17)8-11-6-7-18-9-11/h2-7,9-10H,8H2,1H3,(H,16,17). The summed E-state index contributed by atoms with van der Waals surface area (Å²) in [4.78, 5) is 11.8. The lowest BCUT2D eigenvalue weighted by atomic mass is 10.1. The fraction of sp³-hybridized carbons (Fsp3) is 0.214. The molecule has 2 nitrogen and oxygen atoms in total. The summed E-state index contributed by atoms with van der Waals surface area (Å²) >= 11 is 5.01. The van der Waals surface area contributed by atoms with E-state index in [4.69, 9.17) is 0 Å². The molecule has 0 saturated carbocycles. The lowest BCUT2D eigenvalue weighted by Crippen LogP contribution is -2.27. The Morgan fingerprint density at radius 2 is 2.06 bits per heavy atom. The van der Waals surface area contributed by atoms with Gasteiger partial charge in [-0.05, 0) is 47.0 Å². The van der Waals surface area contributed by atoms with Crippen molar-refractivity contribution in [2.45, 2.75) is 19.4 Å². The second-order valence-electron chi connectivity index (χ2n) is 4.15. The number of thiophene rings is 1. The summed E-state index contributed by atoms with van der Waals surface area (Å²) in [6.45, 7) is 1.99. The van der Waals surface area contributed by atoms with Crippen LogP contribution in [0, 0.1) is 0 Å². The first-order valence-corrected chi connectivity index (χ1v) is 7.44. The zero-order chi connectivity index (χ0) is 13.0. The van der Waals surface area contributed by atoms with Crippen LogP contribution in [-0.2, 0) is 11.2 Å². The van der Waals surface area contributed by atoms with Crippen LogP contribution in [0.2, 0.25) is 0 Å². The summed E-state index contributed by atoms with van der Waals surface area (Å²) in [6, 6.07) is 10.0. The van der Waals surface area contributed by atoms with E-state index >= 15 is 0 Å². The average molecular weight is 324 g/mol. The number of carbonyl (C=O) groups excluding carboxylic acids is 1. The maximum Gasteiger partial charge on any atom is 0.224 e. The molecule has 0 saturated heterocycles. The van der Waals surface area contributed by atoms with Gasteiger partial charge in [0.15, 0.2) is 0 Å². The van der Waals surface area contributed by atoms with Crippen LogP contribution in [0.25, 0.3) is 0 Å². The van der Waals surface area contributed by atoms with E-state index in [1.54, 1.807) is 11.3 Å². The minimum atomic E-state index is 0.0317. The Labute approximate surface area is 119 Å². The zero-order valence-electron chi connectivity index (χ0n) is 10.0. The van der Waals surface area contributed by atoms with Crippen LogP contribution in [0.5, 0.6) is 0 Å². The zero-order valence-corrected chi connectivity index (χ0v) is 12.4. The molecule has 2 aromatic rings. The van der Waals surface area contributed by atoms with E-state index in [0.717, 1.165) is 15.6 Å². The van der Waals surface area contributed by atoms with Crippen molar-refractivity contribution in [2.75, 3.05) is 0 Å². The van der Waals surface area contributed by atoms with Crippen molar-refractivity contribution in [2.24, 2.45) is 0 Å². The second-order valence-corrected chi connectivity index (χ2v) is 5.84. The molecule has 1 unspecified atom stereocenters. The Morgan fingerprint density at radius 1 is 1.33 bits per heavy atom. The minimum Gasteiger partial charge on any atom is -0.349 e. The first-order chi connectivity index (χ1) is 8.65. The molecule has 18 heavy (non-hydrogen) atoms. The van der Waals surface area contributed by atoms with E-state index in [1.165, 1.54) is 0 Å². The lowest BCUT2D eigenvalue weighted by Gasteiger charge is -2.14. The SMILES string of the molecule is CC(NC(=O)Cc1ccsc1)c1ccc(Br)cc1. The van der Waals surface area contributed by atoms with Crippen LogP contribution in [0.1, 0.15) is 24.1 Å². The van der Waals surface area contributed by atoms with Crippen LogP contribution in [-0.4, -0.2) is 5.91 Å². The smallest absolute Gasteiger partial charge is 0.224 e. The van der Waals surface area contributed by atoms with Gasteiger partial charge >= 0.3 is 0 Å². The van der Waals surface area contributed by atoms with Crippen molar-refractivity contribution in [1.82, 2.24) is 5.32 Å². The summed E-state index contributed by atoms with van der Waals surface area (Å²) in [5.41, 5.74) is 2.18. The van der Waals surface area contributed by atoms with Crippen LogP contribution in [0.15, 0.2) is 45.6 Å². The largest absolute Gasteiger partial charge is 0.349 e. The molecule has 1 amide bonds. The highest BCUT2D eigenvalue weighted by molar-refractivity contribution is 9.10. The quantitative estimate of drug-likeness (QED) is 0.907. The predicted molar refractivity (Wildman–Crippen MR) is 78.7 cm³/mol. The van der Waals surface area contributed by atoms with E-state index < -0.39 is 0 Å². The molecule has 94 valence electrons. The van der Waals surface area contributed by atoms with E-state index in [-0.39, 0.29) is 11.9 Å². The van der Waals surface area contributed by atoms with Gasteiger partial charge in [-0.25, -0.2) is 0 Å². The Hall–Kier alpha value is -1.13. The molecule has 0 spiro atoms. The van der Waals surface area contributed by atoms with Crippen molar-refractivity contribution < 1.29 is 4.79 Å². The summed E-state index contributed by atoms with van der Waals surface area (Å²) < 4.78 is 1.04. The summed E-state index contributed by atoms with van der Waals surface area (Å²) in [6.07, 6.45) is 0.449. The summed E-state index contributed by atoms with van der Waals surface area (Å²) in [7, 11) is 0. The summed E-state index contributed by atoms with van der Waals surface area (Å²) in [5, 5.41) is 7.00. The number of amides is 1. The molecule has 0 aliphatic rings. The van der Waals surface area contributed by atoms with Crippen LogP contribution in [0.3, 0.4) is 0 Å². The molecule has 0 radical (unpaired) electrons. The number of rotatable bonds is 4. The predicted octanol–water partition coefficient (Wildman–Crippen LogP) is 3.93. The molecule has 1 N–H and O–H groups in total. The number of hydrogen-bond donors (Lipinski definition) is 1. The number of hydrogen-bond acceptors (Lipinski definition) is 2. The van der Waals surface area contributed by atoms with E-state index in [1.807, 2.05) is 48.0 Å². The highest BCUT2D eigenvalue weighted by atomic mass is 79.9. The molecule has 1 heterocycles. The van der Waals surface area contributed by atoms with Crippen LogP contribution >= 0.6 is 27.3 Å². The number of nitrogens with one attached hydrogen (secondary N) is 1. The summed E-state index contributed by atoms with van der Waals surface area (Å²) in [5.74, 6) is 0.0591. The Morgan fingerprint density at radius 3 is 2.67 bits per heavy atom. The van der Waals surface area contributed by atoms with Gasteiger partial charge in [-0.15, -0.1) is 0 Å². The topological polar surface area (TPSA) is 29.1 Å². The first kappa shape index (κ1) is 13.3. The van der Waals surface area contributed by atoms with Crippen molar-refractivity contribution >= 4 is 33.2 Å². The molecule has 1 aromatic carbocycles. The van der Waals surface area contributed by atoms with Gasteiger partial charge in [-0.2, -0.15) is 11.3 Å². The highest BCUT2D eigenvalue weighted by Crippen LogP contribution is 2.16. The fourth-order valence-electron chi connectivity index (χ4n) is 1.71. The Bertz CT molecular complexity index is 507. The Kier molecular flexibility index (Phi) is 4.55. The number of halogens is 1. The van der Waals surface area contributed by atoms with Gasteiger partial charge in [0.25, 0.3) is 0 Å². The molecule has 0 aliphatic carbocycles. The van der Waals surface area contributed by atoms with Gasteiger partial charge in [0.1, 0.15) is 0 Å². The molecule has 1 aromatic heterocycles. The first-order valence-electron chi connectivity index (χ1n) is 5.71. The van der Waals surface area contributed by atoms with Crippen molar-refractivity contribution in [1.29, 1.82) is 0 Å². The van der Waals surface area contributed by atoms with Crippen LogP contribution < -0.4 is 5.32 Å². The van der Waals surface area contributed by atoms with Gasteiger partial charge in [-0.3, -0.25) is 4.79 Å². The number of benzene rings is 1. The van der Waals surface area contributed by atoms with Crippen molar-refractivity contribution in [3.05, 3.63) is 56.7 Å². The second kappa shape index (κ2) is 6.16. The third-order valence-corrected chi connectivity index (χ3v) is 3.95. The van der Waals surface area contributed by atoms with Gasteiger partial charge in [-0.1, -0.05) is 28.1 Å². The van der Waals surface area contributed by atoms with E-state index in [0.29, 0.717) is 6.42 Å². The molecule has 2 rings (SSSR count). The van der Waals surface area contributed by atoms with Gasteiger partial charge in [0, 0.05) is 4.47 Å². The van der Waals surface area contributed by atoms with Gasteiger partial charge < -0.3 is 5.32 Å². The van der Waals surface area contributed by atoms with Gasteiger partial charge in [0.05, 0.1) is 12.5 Å². The van der Waals surface area contributed by atoms with Crippen LogP contribution in [0.4, 0.5) is 0 Å². The lowest BCUT2D eigenvalue weighted by molar-refractivity contribution is -0.121. The fourth-order valence-corrected chi connectivity index (χ4v) is 2.64. The third-order valence-electron chi connectivity index (χ3n) is 2.69. The maximum atomic E-state index is 11.8. The normalized spacial score (nSPS) is 12.1. The average Bonchev–Trinajstić information content (AvgIpc) is 2.82. The molecular formula is C14H14BrNOS. The van der Waals surface area contributed by atoms with Crippen molar-refractivity contribution in [3.8, 4) is 0 Å². The molecule has 0 bridgehead atoms. The van der Waals surface area contributed by atoms with Crippen molar-refractivity contribution in [3.63, 3.8) is 0 Å². The number of carbonyl (C=O) groups is 1. The highest BCUT2D eigenvalue weighted by Gasteiger charge is 2.10. The maximum absolute atomic E-state index is 11.8. The minimum absolute atomic E-state index is 0.0317. The molecule has 0 aliphatic heterocycles. The molecule has 4 heteroatoms. The molecule has 0 fully saturated rings. The monoisotopic (exact) mass is 323 g/mol. The van der Waals surface area contributed by atoms with E-state index in [9.17, 15) is 4.79 Å². The molecular weight excluding hydrogens is 310 g/mol. The molecule has 1 atom stereocenters. The Balaban J connectivity index is 1.92. The third kappa shape index (κ3) is 3.68. The van der Waals surface area contributed by atoms with Gasteiger partial charge in [0.2, 0.25) is 5.91 Å². The van der Waals surface area contributed by atoms with E-state index in [2.05, 4.69) is 21.2 Å².